The summed E-state index contributed by atoms with van der Waals surface area (Å²) >= 11 is 0. The fourth-order valence-electron chi connectivity index (χ4n) is 1.77. The van der Waals surface area contributed by atoms with E-state index in [2.05, 4.69) is 10.3 Å². The lowest BCUT2D eigenvalue weighted by atomic mass is 10.4. The van der Waals surface area contributed by atoms with E-state index in [1.54, 1.807) is 11.1 Å². The van der Waals surface area contributed by atoms with Crippen molar-refractivity contribution in [2.24, 2.45) is 7.05 Å². The van der Waals surface area contributed by atoms with Crippen molar-refractivity contribution in [2.75, 3.05) is 13.1 Å². The van der Waals surface area contributed by atoms with E-state index in [1.807, 2.05) is 24.7 Å². The van der Waals surface area contributed by atoms with Gasteiger partial charge in [0.1, 0.15) is 12.0 Å². The molecular weight excluding hydrogens is 180 g/mol. The maximum absolute atomic E-state index is 11.4. The molecule has 0 bridgehead atoms. The minimum Gasteiger partial charge on any atom is -0.335 e. The minimum absolute atomic E-state index is 0.0625. The van der Waals surface area contributed by atoms with Crippen LogP contribution in [0.25, 0.3) is 0 Å². The monoisotopic (exact) mass is 194 g/mol. The smallest absolute Gasteiger partial charge is 0.238 e. The Morgan fingerprint density at radius 1 is 1.71 bits per heavy atom. The van der Waals surface area contributed by atoms with Crippen molar-refractivity contribution >= 4 is 5.91 Å². The normalized spacial score (nSPS) is 22.0. The summed E-state index contributed by atoms with van der Waals surface area (Å²) in [7, 11) is 1.93. The van der Waals surface area contributed by atoms with Gasteiger partial charge in [0.05, 0.1) is 6.54 Å². The van der Waals surface area contributed by atoms with E-state index in [1.165, 1.54) is 0 Å². The zero-order valence-electron chi connectivity index (χ0n) is 8.40. The van der Waals surface area contributed by atoms with Gasteiger partial charge in [-0.2, -0.15) is 0 Å². The number of hydrogen-bond donors (Lipinski definition) is 1. The highest BCUT2D eigenvalue weighted by atomic mass is 16.2. The molecule has 2 heterocycles. The molecule has 2 rings (SSSR count). The SMILES string of the molecule is CCN1C(=O)CNC1c1nccn1C. The maximum Gasteiger partial charge on any atom is 0.238 e. The summed E-state index contributed by atoms with van der Waals surface area (Å²) in [4.78, 5) is 17.5. The molecule has 1 saturated heterocycles. The Bertz CT molecular complexity index is 346. The van der Waals surface area contributed by atoms with Gasteiger partial charge in [-0.3, -0.25) is 10.1 Å². The molecule has 1 amide bonds. The Kier molecular flexibility index (Phi) is 2.25. The van der Waals surface area contributed by atoms with Gasteiger partial charge in [-0.1, -0.05) is 0 Å². The van der Waals surface area contributed by atoms with Crippen LogP contribution in [-0.2, 0) is 11.8 Å². The third-order valence-electron chi connectivity index (χ3n) is 2.52. The Labute approximate surface area is 82.7 Å². The van der Waals surface area contributed by atoms with Crippen molar-refractivity contribution in [1.82, 2.24) is 19.8 Å². The molecule has 0 radical (unpaired) electrons. The van der Waals surface area contributed by atoms with Crippen LogP contribution in [0.4, 0.5) is 0 Å². The average molecular weight is 194 g/mol. The Hall–Kier alpha value is -1.36. The molecule has 1 aliphatic rings. The number of nitrogens with one attached hydrogen (secondary N) is 1. The standard InChI is InChI=1S/C9H14N4O/c1-3-13-7(14)6-11-9(13)8-10-4-5-12(8)2/h4-5,9,11H,3,6H2,1-2H3. The average Bonchev–Trinajstić information content (AvgIpc) is 2.71. The van der Waals surface area contributed by atoms with Crippen molar-refractivity contribution in [1.29, 1.82) is 0 Å². The second-order valence-electron chi connectivity index (χ2n) is 3.36. The van der Waals surface area contributed by atoms with Gasteiger partial charge in [-0.05, 0) is 6.92 Å². The first-order valence-corrected chi connectivity index (χ1v) is 4.74. The predicted molar refractivity (Wildman–Crippen MR) is 51.3 cm³/mol. The summed E-state index contributed by atoms with van der Waals surface area (Å²) in [5.41, 5.74) is 0. The Balaban J connectivity index is 2.27. The molecule has 1 aromatic rings. The molecule has 1 unspecified atom stereocenters. The number of hydrogen-bond acceptors (Lipinski definition) is 3. The van der Waals surface area contributed by atoms with Crippen LogP contribution in [0.2, 0.25) is 0 Å². The van der Waals surface area contributed by atoms with E-state index in [0.29, 0.717) is 13.1 Å². The van der Waals surface area contributed by atoms with Crippen LogP contribution in [-0.4, -0.2) is 33.4 Å². The number of likely N-dealkylation sites (N-methyl/N-ethyl adjacent to an activating group) is 1. The molecule has 0 aliphatic carbocycles. The van der Waals surface area contributed by atoms with E-state index in [0.717, 1.165) is 5.82 Å². The Morgan fingerprint density at radius 2 is 2.50 bits per heavy atom. The highest BCUT2D eigenvalue weighted by Crippen LogP contribution is 2.19. The molecule has 76 valence electrons. The van der Waals surface area contributed by atoms with E-state index in [-0.39, 0.29) is 12.1 Å². The third kappa shape index (κ3) is 1.29. The minimum atomic E-state index is -0.0625. The molecule has 0 aromatic carbocycles. The molecule has 1 aliphatic heterocycles. The molecule has 1 fully saturated rings. The van der Waals surface area contributed by atoms with Crippen molar-refractivity contribution in [2.45, 2.75) is 13.1 Å². The van der Waals surface area contributed by atoms with Crippen molar-refractivity contribution in [3.63, 3.8) is 0 Å². The van der Waals surface area contributed by atoms with Crippen LogP contribution >= 0.6 is 0 Å². The number of aryl methyl sites for hydroxylation is 1. The van der Waals surface area contributed by atoms with Crippen molar-refractivity contribution in [3.05, 3.63) is 18.2 Å². The second kappa shape index (κ2) is 3.42. The van der Waals surface area contributed by atoms with E-state index in [9.17, 15) is 4.79 Å². The van der Waals surface area contributed by atoms with E-state index < -0.39 is 0 Å². The molecule has 0 saturated carbocycles. The summed E-state index contributed by atoms with van der Waals surface area (Å²) in [6, 6.07) is 0. The molecule has 0 spiro atoms. The van der Waals surface area contributed by atoms with Crippen molar-refractivity contribution in [3.8, 4) is 0 Å². The van der Waals surface area contributed by atoms with Crippen LogP contribution in [0, 0.1) is 0 Å². The number of amides is 1. The fourth-order valence-corrected chi connectivity index (χ4v) is 1.77. The van der Waals surface area contributed by atoms with E-state index >= 15 is 0 Å². The van der Waals surface area contributed by atoms with Gasteiger partial charge in [0.2, 0.25) is 5.91 Å². The second-order valence-corrected chi connectivity index (χ2v) is 3.36. The van der Waals surface area contributed by atoms with Gasteiger partial charge in [-0.25, -0.2) is 4.98 Å². The van der Waals surface area contributed by atoms with Gasteiger partial charge < -0.3 is 9.47 Å². The Morgan fingerprint density at radius 3 is 3.07 bits per heavy atom. The summed E-state index contributed by atoms with van der Waals surface area (Å²) in [5, 5.41) is 3.14. The van der Waals surface area contributed by atoms with Gasteiger partial charge in [-0.15, -0.1) is 0 Å². The fraction of sp³-hybridized carbons (Fsp3) is 0.556. The number of rotatable bonds is 2. The van der Waals surface area contributed by atoms with Crippen LogP contribution in [0.3, 0.4) is 0 Å². The third-order valence-corrected chi connectivity index (χ3v) is 2.52. The zero-order chi connectivity index (χ0) is 10.1. The zero-order valence-corrected chi connectivity index (χ0v) is 8.40. The predicted octanol–water partition coefficient (Wildman–Crippen LogP) is -0.130. The van der Waals surface area contributed by atoms with Gasteiger partial charge in [0, 0.05) is 26.0 Å². The first kappa shape index (κ1) is 9.21. The highest BCUT2D eigenvalue weighted by Gasteiger charge is 2.32. The summed E-state index contributed by atoms with van der Waals surface area (Å²) in [5.74, 6) is 1.03. The summed E-state index contributed by atoms with van der Waals surface area (Å²) in [6.07, 6.45) is 3.56. The summed E-state index contributed by atoms with van der Waals surface area (Å²) in [6.45, 7) is 3.09. The lowest BCUT2D eigenvalue weighted by molar-refractivity contribution is -0.127. The number of carbonyl (C=O) groups excluding carboxylic acids is 1. The molecule has 1 aromatic heterocycles. The van der Waals surface area contributed by atoms with Crippen LogP contribution < -0.4 is 5.32 Å². The number of carbonyl (C=O) groups is 1. The van der Waals surface area contributed by atoms with Gasteiger partial charge in [0.25, 0.3) is 0 Å². The number of imidazole rings is 1. The lowest BCUT2D eigenvalue weighted by Crippen LogP contribution is -2.31. The van der Waals surface area contributed by atoms with E-state index in [4.69, 9.17) is 0 Å². The quantitative estimate of drug-likeness (QED) is 0.713. The molecule has 14 heavy (non-hydrogen) atoms. The summed E-state index contributed by atoms with van der Waals surface area (Å²) < 4.78 is 1.93. The van der Waals surface area contributed by atoms with Gasteiger partial charge >= 0.3 is 0 Å². The van der Waals surface area contributed by atoms with Crippen molar-refractivity contribution < 1.29 is 4.79 Å². The molecule has 5 nitrogen and oxygen atoms in total. The highest BCUT2D eigenvalue weighted by molar-refractivity contribution is 5.80. The lowest BCUT2D eigenvalue weighted by Gasteiger charge is -2.21. The first-order valence-electron chi connectivity index (χ1n) is 4.74. The topological polar surface area (TPSA) is 50.2 Å². The largest absolute Gasteiger partial charge is 0.335 e. The maximum atomic E-state index is 11.4. The first-order chi connectivity index (χ1) is 6.74. The number of aromatic nitrogens is 2. The molecule has 5 heteroatoms. The molecule has 1 atom stereocenters. The number of nitrogens with zero attached hydrogens (tertiary/aromatic N) is 3. The van der Waals surface area contributed by atoms with Crippen LogP contribution in [0.5, 0.6) is 0 Å². The van der Waals surface area contributed by atoms with Crippen LogP contribution in [0.15, 0.2) is 12.4 Å². The molecular formula is C9H14N4O. The van der Waals surface area contributed by atoms with Crippen LogP contribution in [0.1, 0.15) is 18.9 Å². The van der Waals surface area contributed by atoms with Gasteiger partial charge in [0.15, 0.2) is 0 Å². The molecule has 1 N–H and O–H groups in total.